The van der Waals surface area contributed by atoms with Crippen molar-refractivity contribution in [1.29, 1.82) is 0 Å². The van der Waals surface area contributed by atoms with Gasteiger partial charge in [0.2, 0.25) is 5.72 Å². The molecule has 3 heterocycles. The molecule has 1 saturated carbocycles. The Bertz CT molecular complexity index is 691. The Hall–Kier alpha value is -1.58. The van der Waals surface area contributed by atoms with Gasteiger partial charge in [0.1, 0.15) is 11.7 Å². The number of rotatable bonds is 0. The van der Waals surface area contributed by atoms with Crippen LogP contribution in [0, 0.1) is 0 Å². The van der Waals surface area contributed by atoms with Gasteiger partial charge >= 0.3 is 6.03 Å². The molecule has 1 aliphatic carbocycles. The number of urea groups is 1. The highest BCUT2D eigenvalue weighted by Crippen LogP contribution is 2.51. The van der Waals surface area contributed by atoms with Crippen molar-refractivity contribution in [2.24, 2.45) is 0 Å². The van der Waals surface area contributed by atoms with Crippen LogP contribution in [0.15, 0.2) is 16.7 Å². The standard InChI is InChI=1S/C12H13BrN4O4/c1-16-10(19)15-11(20)4-6-8(12(11,16)21)14-9(18)5-2-3-7(13)17(5)6/h2-3,6,8,20-21H,4H2,1H3,(H,14,18)(H,15,19)/t6-,8-,11+,12-/m1/s1. The van der Waals surface area contributed by atoms with Crippen LogP contribution in [0.5, 0.6) is 0 Å². The lowest BCUT2D eigenvalue weighted by molar-refractivity contribution is -0.181. The van der Waals surface area contributed by atoms with E-state index in [4.69, 9.17) is 0 Å². The third-order valence-electron chi connectivity index (χ3n) is 4.78. The molecule has 21 heavy (non-hydrogen) atoms. The van der Waals surface area contributed by atoms with E-state index in [9.17, 15) is 19.8 Å². The lowest BCUT2D eigenvalue weighted by Crippen LogP contribution is -2.67. The van der Waals surface area contributed by atoms with Crippen LogP contribution in [0.3, 0.4) is 0 Å². The maximum absolute atomic E-state index is 12.2. The smallest absolute Gasteiger partial charge is 0.321 e. The molecule has 0 unspecified atom stereocenters. The monoisotopic (exact) mass is 356 g/mol. The van der Waals surface area contributed by atoms with Crippen molar-refractivity contribution >= 4 is 27.9 Å². The highest BCUT2D eigenvalue weighted by atomic mass is 79.9. The van der Waals surface area contributed by atoms with Gasteiger partial charge in [-0.3, -0.25) is 9.69 Å². The number of halogens is 1. The summed E-state index contributed by atoms with van der Waals surface area (Å²) in [7, 11) is 1.39. The summed E-state index contributed by atoms with van der Waals surface area (Å²) in [5, 5.41) is 26.8. The van der Waals surface area contributed by atoms with E-state index in [1.54, 1.807) is 16.7 Å². The molecule has 2 aliphatic heterocycles. The zero-order valence-corrected chi connectivity index (χ0v) is 12.6. The van der Waals surface area contributed by atoms with Crippen molar-refractivity contribution in [1.82, 2.24) is 20.1 Å². The minimum atomic E-state index is -1.90. The number of fused-ring (bicyclic) bond motifs is 5. The van der Waals surface area contributed by atoms with E-state index >= 15 is 0 Å². The molecule has 1 aromatic rings. The molecule has 1 saturated heterocycles. The molecule has 0 radical (unpaired) electrons. The number of hydrogen-bond acceptors (Lipinski definition) is 4. The summed E-state index contributed by atoms with van der Waals surface area (Å²) in [5.74, 6) is -0.354. The first-order chi connectivity index (χ1) is 9.79. The zero-order chi connectivity index (χ0) is 15.2. The molecule has 9 heteroatoms. The average molecular weight is 357 g/mol. The molecule has 3 amide bonds. The number of hydrogen-bond donors (Lipinski definition) is 4. The Labute approximate surface area is 127 Å². The zero-order valence-electron chi connectivity index (χ0n) is 11.0. The number of aliphatic hydroxyl groups is 2. The maximum atomic E-state index is 12.2. The van der Waals surface area contributed by atoms with Gasteiger partial charge in [-0.1, -0.05) is 0 Å². The summed E-state index contributed by atoms with van der Waals surface area (Å²) in [6, 6.07) is 1.64. The normalized spacial score (nSPS) is 40.5. The van der Waals surface area contributed by atoms with Crippen LogP contribution in [0.1, 0.15) is 23.0 Å². The second-order valence-electron chi connectivity index (χ2n) is 5.71. The number of nitrogens with one attached hydrogen (secondary N) is 2. The molecule has 0 bridgehead atoms. The van der Waals surface area contributed by atoms with Crippen molar-refractivity contribution in [2.45, 2.75) is 30.0 Å². The van der Waals surface area contributed by atoms with Crippen LogP contribution < -0.4 is 10.6 Å². The number of amides is 3. The highest BCUT2D eigenvalue weighted by Gasteiger charge is 2.73. The van der Waals surface area contributed by atoms with Gasteiger partial charge in [0.15, 0.2) is 5.72 Å². The number of likely N-dealkylation sites (N-methyl/N-ethyl adjacent to an activating group) is 1. The minimum Gasteiger partial charge on any atom is -0.366 e. The molecule has 2 fully saturated rings. The van der Waals surface area contributed by atoms with Gasteiger partial charge in [0, 0.05) is 13.5 Å². The van der Waals surface area contributed by atoms with Crippen LogP contribution in [0.2, 0.25) is 0 Å². The van der Waals surface area contributed by atoms with Gasteiger partial charge in [0.05, 0.1) is 10.6 Å². The fourth-order valence-corrected chi connectivity index (χ4v) is 4.32. The van der Waals surface area contributed by atoms with E-state index in [-0.39, 0.29) is 18.4 Å². The van der Waals surface area contributed by atoms with Crippen LogP contribution in [0.4, 0.5) is 4.79 Å². The summed E-state index contributed by atoms with van der Waals surface area (Å²) < 4.78 is 2.42. The maximum Gasteiger partial charge on any atom is 0.321 e. The summed E-state index contributed by atoms with van der Waals surface area (Å²) in [4.78, 5) is 25.0. The Morgan fingerprint density at radius 2 is 2.10 bits per heavy atom. The fourth-order valence-electron chi connectivity index (χ4n) is 3.74. The summed E-state index contributed by atoms with van der Waals surface area (Å²) in [6.07, 6.45) is 0.0881. The first-order valence-corrected chi connectivity index (χ1v) is 7.27. The van der Waals surface area contributed by atoms with Gasteiger partial charge in [-0.05, 0) is 28.1 Å². The number of aromatic nitrogens is 1. The molecular formula is C12H13BrN4O4. The largest absolute Gasteiger partial charge is 0.366 e. The molecular weight excluding hydrogens is 344 g/mol. The lowest BCUT2D eigenvalue weighted by Gasteiger charge is -2.40. The molecule has 8 nitrogen and oxygen atoms in total. The molecule has 4 atom stereocenters. The Kier molecular flexibility index (Phi) is 2.25. The average Bonchev–Trinajstić information content (AvgIpc) is 2.95. The summed E-state index contributed by atoms with van der Waals surface area (Å²) in [5.41, 5.74) is -3.26. The van der Waals surface area contributed by atoms with Gasteiger partial charge in [0.25, 0.3) is 5.91 Å². The second kappa shape index (κ2) is 3.60. The summed E-state index contributed by atoms with van der Waals surface area (Å²) in [6.45, 7) is 0. The molecule has 4 rings (SSSR count). The van der Waals surface area contributed by atoms with E-state index in [2.05, 4.69) is 26.6 Å². The van der Waals surface area contributed by atoms with Crippen molar-refractivity contribution < 1.29 is 19.8 Å². The molecule has 0 aromatic carbocycles. The quantitative estimate of drug-likeness (QED) is 0.495. The Morgan fingerprint density at radius 3 is 2.81 bits per heavy atom. The van der Waals surface area contributed by atoms with E-state index in [1.165, 1.54) is 7.05 Å². The second-order valence-corrected chi connectivity index (χ2v) is 6.52. The third kappa shape index (κ3) is 1.27. The number of carbonyl (C=O) groups excluding carboxylic acids is 2. The van der Waals surface area contributed by atoms with E-state index < -0.39 is 23.5 Å². The van der Waals surface area contributed by atoms with Crippen LogP contribution in [-0.2, 0) is 0 Å². The topological polar surface area (TPSA) is 107 Å². The molecule has 1 aromatic heterocycles. The molecule has 3 aliphatic rings. The van der Waals surface area contributed by atoms with Crippen molar-refractivity contribution in [3.63, 3.8) is 0 Å². The predicted octanol–water partition coefficient (Wildman–Crippen LogP) is -0.660. The first kappa shape index (κ1) is 13.1. The molecule has 0 spiro atoms. The third-order valence-corrected chi connectivity index (χ3v) is 5.43. The van der Waals surface area contributed by atoms with Crippen LogP contribution in [-0.4, -0.2) is 56.2 Å². The van der Waals surface area contributed by atoms with Gasteiger partial charge < -0.3 is 25.4 Å². The predicted molar refractivity (Wildman–Crippen MR) is 73.2 cm³/mol. The van der Waals surface area contributed by atoms with Crippen molar-refractivity contribution in [3.8, 4) is 0 Å². The minimum absolute atomic E-state index is 0.0881. The SMILES string of the molecule is CN1C(=O)N[C@]2(O)C[C@@H]3[C@@H](NC(=O)c4ccc(Br)n43)[C@]12O. The van der Waals surface area contributed by atoms with Crippen LogP contribution in [0.25, 0.3) is 0 Å². The Balaban J connectivity index is 1.90. The highest BCUT2D eigenvalue weighted by molar-refractivity contribution is 9.10. The fraction of sp³-hybridized carbons (Fsp3) is 0.500. The summed E-state index contributed by atoms with van der Waals surface area (Å²) >= 11 is 3.38. The lowest BCUT2D eigenvalue weighted by atomic mass is 9.99. The van der Waals surface area contributed by atoms with E-state index in [0.717, 1.165) is 4.90 Å². The van der Waals surface area contributed by atoms with Gasteiger partial charge in [-0.25, -0.2) is 4.79 Å². The van der Waals surface area contributed by atoms with E-state index in [0.29, 0.717) is 10.3 Å². The first-order valence-electron chi connectivity index (χ1n) is 6.48. The number of carbonyl (C=O) groups is 2. The van der Waals surface area contributed by atoms with Gasteiger partial charge in [-0.2, -0.15) is 0 Å². The van der Waals surface area contributed by atoms with E-state index in [1.807, 2.05) is 0 Å². The molecule has 4 N–H and O–H groups in total. The van der Waals surface area contributed by atoms with Crippen molar-refractivity contribution in [2.75, 3.05) is 7.05 Å². The number of nitrogens with zero attached hydrogens (tertiary/aromatic N) is 2. The van der Waals surface area contributed by atoms with Gasteiger partial charge in [-0.15, -0.1) is 0 Å². The van der Waals surface area contributed by atoms with Crippen LogP contribution >= 0.6 is 15.9 Å². The Morgan fingerprint density at radius 1 is 1.38 bits per heavy atom. The van der Waals surface area contributed by atoms with Crippen molar-refractivity contribution in [3.05, 3.63) is 22.4 Å². The molecule has 112 valence electrons.